The molecule has 0 spiro atoms. The molecule has 1 fully saturated rings. The maximum atomic E-state index is 12.3. The smallest absolute Gasteiger partial charge is 0.254 e. The van der Waals surface area contributed by atoms with Crippen LogP contribution in [0.3, 0.4) is 0 Å². The summed E-state index contributed by atoms with van der Waals surface area (Å²) < 4.78 is 0. The van der Waals surface area contributed by atoms with Crippen LogP contribution in [-0.4, -0.2) is 48.1 Å². The molecule has 24 heavy (non-hydrogen) atoms. The quantitative estimate of drug-likeness (QED) is 0.804. The highest BCUT2D eigenvalue weighted by molar-refractivity contribution is 5.96. The summed E-state index contributed by atoms with van der Waals surface area (Å²) in [5.74, 6) is 0.109. The Morgan fingerprint density at radius 3 is 2.50 bits per heavy atom. The van der Waals surface area contributed by atoms with Crippen molar-refractivity contribution in [2.45, 2.75) is 44.6 Å². The number of amides is 2. The molecule has 1 aromatic carbocycles. The number of likely N-dealkylation sites (N-methyl/N-ethyl adjacent to an activating group) is 1. The molecule has 2 rings (SSSR count). The maximum Gasteiger partial charge on any atom is 0.254 e. The number of nitrogens with zero attached hydrogens (tertiary/aromatic N) is 1. The highest BCUT2D eigenvalue weighted by atomic mass is 16.3. The number of aliphatic hydroxyl groups is 1. The van der Waals surface area contributed by atoms with E-state index in [-0.39, 0.29) is 31.0 Å². The molecule has 5 nitrogen and oxygen atoms in total. The third kappa shape index (κ3) is 5.34. The van der Waals surface area contributed by atoms with Crippen LogP contribution in [0.15, 0.2) is 30.3 Å². The minimum atomic E-state index is -0.165. The minimum absolute atomic E-state index is 0.00280. The zero-order valence-corrected chi connectivity index (χ0v) is 14.4. The van der Waals surface area contributed by atoms with Crippen LogP contribution >= 0.6 is 0 Å². The molecule has 2 amide bonds. The monoisotopic (exact) mass is 332 g/mol. The Bertz CT molecular complexity index is 527. The highest BCUT2D eigenvalue weighted by Gasteiger charge is 2.25. The van der Waals surface area contributed by atoms with Crippen molar-refractivity contribution in [3.63, 3.8) is 0 Å². The second-order valence-electron chi connectivity index (χ2n) is 6.61. The van der Waals surface area contributed by atoms with Crippen LogP contribution in [-0.2, 0) is 4.79 Å². The molecule has 0 radical (unpaired) electrons. The fourth-order valence-corrected chi connectivity index (χ4v) is 3.44. The van der Waals surface area contributed by atoms with Gasteiger partial charge in [-0.2, -0.15) is 0 Å². The number of hydrogen-bond donors (Lipinski definition) is 2. The Labute approximate surface area is 144 Å². The third-order valence-corrected chi connectivity index (χ3v) is 4.75. The number of rotatable bonds is 7. The summed E-state index contributed by atoms with van der Waals surface area (Å²) >= 11 is 0. The summed E-state index contributed by atoms with van der Waals surface area (Å²) in [5.41, 5.74) is 0.576. The van der Waals surface area contributed by atoms with Gasteiger partial charge in [0.15, 0.2) is 0 Å². The molecule has 1 unspecified atom stereocenters. The summed E-state index contributed by atoms with van der Waals surface area (Å²) in [6.07, 6.45) is 6.41. The third-order valence-electron chi connectivity index (χ3n) is 4.75. The first-order valence-corrected chi connectivity index (χ1v) is 8.82. The Balaban J connectivity index is 1.88. The molecular formula is C19H28N2O3. The first-order chi connectivity index (χ1) is 11.6. The fraction of sp³-hybridized carbons (Fsp3) is 0.579. The number of hydrogen-bond acceptors (Lipinski definition) is 3. The first kappa shape index (κ1) is 18.5. The van der Waals surface area contributed by atoms with Gasteiger partial charge in [-0.3, -0.25) is 9.59 Å². The minimum Gasteiger partial charge on any atom is -0.396 e. The summed E-state index contributed by atoms with van der Waals surface area (Å²) in [6, 6.07) is 8.96. The molecule has 1 aliphatic carbocycles. The van der Waals surface area contributed by atoms with Crippen molar-refractivity contribution in [2.75, 3.05) is 20.2 Å². The lowest BCUT2D eigenvalue weighted by Crippen LogP contribution is -2.46. The van der Waals surface area contributed by atoms with Crippen LogP contribution in [0.25, 0.3) is 0 Å². The molecule has 1 saturated carbocycles. The van der Waals surface area contributed by atoms with E-state index in [1.807, 2.05) is 18.2 Å². The molecule has 5 heteroatoms. The van der Waals surface area contributed by atoms with Gasteiger partial charge in [0.2, 0.25) is 5.91 Å². The molecule has 1 atom stereocenters. The standard InChI is InChI=1S/C19H28N2O3/c1-21(19(24)16-10-6-3-7-11-16)14-18(23)20-17(12-13-22)15-8-4-2-5-9-15/h3,6-7,10-11,15,17,22H,2,4-5,8-9,12-14H2,1H3,(H,20,23). The lowest BCUT2D eigenvalue weighted by molar-refractivity contribution is -0.122. The van der Waals surface area contributed by atoms with Crippen molar-refractivity contribution in [1.82, 2.24) is 10.2 Å². The van der Waals surface area contributed by atoms with E-state index in [4.69, 9.17) is 0 Å². The Morgan fingerprint density at radius 1 is 1.21 bits per heavy atom. The molecule has 0 aromatic heterocycles. The van der Waals surface area contributed by atoms with E-state index in [9.17, 15) is 14.7 Å². The summed E-state index contributed by atoms with van der Waals surface area (Å²) in [7, 11) is 1.64. The topological polar surface area (TPSA) is 69.6 Å². The molecule has 132 valence electrons. The van der Waals surface area contributed by atoms with Gasteiger partial charge in [0, 0.05) is 25.3 Å². The van der Waals surface area contributed by atoms with Crippen molar-refractivity contribution in [3.8, 4) is 0 Å². The van der Waals surface area contributed by atoms with Gasteiger partial charge in [0.1, 0.15) is 0 Å². The summed E-state index contributed by atoms with van der Waals surface area (Å²) in [6.45, 7) is 0.0998. The average molecular weight is 332 g/mol. The predicted octanol–water partition coefficient (Wildman–Crippen LogP) is 2.21. The van der Waals surface area contributed by atoms with Gasteiger partial charge >= 0.3 is 0 Å². The number of nitrogens with one attached hydrogen (secondary N) is 1. The second kappa shape index (κ2) is 9.42. The van der Waals surface area contributed by atoms with Gasteiger partial charge in [0.05, 0.1) is 6.54 Å². The van der Waals surface area contributed by atoms with Crippen molar-refractivity contribution in [2.24, 2.45) is 5.92 Å². The van der Waals surface area contributed by atoms with E-state index in [0.29, 0.717) is 17.9 Å². The SMILES string of the molecule is CN(CC(=O)NC(CCO)C1CCCCC1)C(=O)c1ccccc1. The number of benzene rings is 1. The van der Waals surface area contributed by atoms with Crippen LogP contribution in [0.5, 0.6) is 0 Å². The molecule has 0 aliphatic heterocycles. The van der Waals surface area contributed by atoms with Crippen LogP contribution in [0, 0.1) is 5.92 Å². The Morgan fingerprint density at radius 2 is 1.88 bits per heavy atom. The van der Waals surface area contributed by atoms with Crippen LogP contribution in [0.2, 0.25) is 0 Å². The molecule has 2 N–H and O–H groups in total. The molecular weight excluding hydrogens is 304 g/mol. The van der Waals surface area contributed by atoms with Gasteiger partial charge in [-0.05, 0) is 37.3 Å². The lowest BCUT2D eigenvalue weighted by Gasteiger charge is -2.31. The number of carbonyl (C=O) groups excluding carboxylic acids is 2. The molecule has 0 heterocycles. The maximum absolute atomic E-state index is 12.3. The Kier molecular flexibility index (Phi) is 7.25. The lowest BCUT2D eigenvalue weighted by atomic mass is 9.82. The molecule has 0 bridgehead atoms. The summed E-state index contributed by atoms with van der Waals surface area (Å²) in [5, 5.41) is 12.3. The van der Waals surface area contributed by atoms with Gasteiger partial charge in [0.25, 0.3) is 5.91 Å². The van der Waals surface area contributed by atoms with Crippen molar-refractivity contribution in [1.29, 1.82) is 0 Å². The zero-order valence-electron chi connectivity index (χ0n) is 14.4. The van der Waals surface area contributed by atoms with E-state index in [1.165, 1.54) is 24.2 Å². The molecule has 1 aromatic rings. The summed E-state index contributed by atoms with van der Waals surface area (Å²) in [4.78, 5) is 26.1. The van der Waals surface area contributed by atoms with Crippen LogP contribution in [0.1, 0.15) is 48.9 Å². The van der Waals surface area contributed by atoms with E-state index in [0.717, 1.165) is 12.8 Å². The van der Waals surface area contributed by atoms with Crippen LogP contribution < -0.4 is 5.32 Å². The number of aliphatic hydroxyl groups excluding tert-OH is 1. The normalized spacial score (nSPS) is 16.4. The van der Waals surface area contributed by atoms with E-state index in [1.54, 1.807) is 19.2 Å². The van der Waals surface area contributed by atoms with Crippen molar-refractivity contribution in [3.05, 3.63) is 35.9 Å². The zero-order chi connectivity index (χ0) is 17.4. The van der Waals surface area contributed by atoms with Gasteiger partial charge in [-0.1, -0.05) is 37.5 Å². The molecule has 1 aliphatic rings. The van der Waals surface area contributed by atoms with Gasteiger partial charge < -0.3 is 15.3 Å². The van der Waals surface area contributed by atoms with Gasteiger partial charge in [-0.25, -0.2) is 0 Å². The van der Waals surface area contributed by atoms with E-state index >= 15 is 0 Å². The van der Waals surface area contributed by atoms with Crippen LogP contribution in [0.4, 0.5) is 0 Å². The van der Waals surface area contributed by atoms with Gasteiger partial charge in [-0.15, -0.1) is 0 Å². The van der Waals surface area contributed by atoms with E-state index in [2.05, 4.69) is 5.32 Å². The van der Waals surface area contributed by atoms with E-state index < -0.39 is 0 Å². The van der Waals surface area contributed by atoms with Crippen molar-refractivity contribution < 1.29 is 14.7 Å². The molecule has 0 saturated heterocycles. The highest BCUT2D eigenvalue weighted by Crippen LogP contribution is 2.27. The number of carbonyl (C=O) groups is 2. The predicted molar refractivity (Wildman–Crippen MR) is 93.6 cm³/mol. The van der Waals surface area contributed by atoms with Crippen molar-refractivity contribution >= 4 is 11.8 Å². The first-order valence-electron chi connectivity index (χ1n) is 8.82. The fourth-order valence-electron chi connectivity index (χ4n) is 3.44. The second-order valence-corrected chi connectivity index (χ2v) is 6.61. The Hall–Kier alpha value is -1.88. The largest absolute Gasteiger partial charge is 0.396 e. The average Bonchev–Trinajstić information content (AvgIpc) is 2.62.